The number of benzene rings is 1. The van der Waals surface area contributed by atoms with E-state index in [2.05, 4.69) is 15.2 Å². The van der Waals surface area contributed by atoms with Crippen molar-refractivity contribution in [3.8, 4) is 0 Å². The van der Waals surface area contributed by atoms with E-state index in [-0.39, 0.29) is 11.7 Å². The molecule has 4 N–H and O–H groups in total. The van der Waals surface area contributed by atoms with E-state index in [0.29, 0.717) is 23.0 Å². The zero-order chi connectivity index (χ0) is 21.1. The smallest absolute Gasteiger partial charge is 0.144 e. The number of fused-ring (bicyclic) bond motifs is 1. The molecule has 2 aromatic rings. The average Bonchev–Trinajstić information content (AvgIpc) is 2.73. The van der Waals surface area contributed by atoms with Crippen molar-refractivity contribution in [1.82, 2.24) is 10.3 Å². The number of nitrogens with one attached hydrogen (secondary N) is 1. The standard InChI is InChI=1S/C23H32FN5O/c1-15(30)26-22(25)20-14-16-13-17(24)7-8-21(16)28-23(20)29-11-9-19(10-12-29)27-18-5-3-2-4-6-18/h7-8,13-15,18-19,27,30H,2-6,9-12H2,1H3,(H2,25,26). The van der Waals surface area contributed by atoms with Crippen LogP contribution in [-0.2, 0) is 0 Å². The van der Waals surface area contributed by atoms with Gasteiger partial charge in [-0.3, -0.25) is 0 Å². The molecule has 1 saturated heterocycles. The minimum Gasteiger partial charge on any atom is -0.383 e. The number of aromatic nitrogens is 1. The van der Waals surface area contributed by atoms with E-state index in [0.717, 1.165) is 37.3 Å². The molecule has 2 heterocycles. The molecule has 1 saturated carbocycles. The lowest BCUT2D eigenvalue weighted by molar-refractivity contribution is 0.205. The molecule has 1 aliphatic heterocycles. The second-order valence-electron chi connectivity index (χ2n) is 8.61. The molecular weight excluding hydrogens is 381 g/mol. The molecule has 2 aliphatic rings. The van der Waals surface area contributed by atoms with Crippen LogP contribution in [0, 0.1) is 5.82 Å². The number of anilines is 1. The molecule has 0 amide bonds. The monoisotopic (exact) mass is 413 g/mol. The SMILES string of the molecule is CC(O)N=C(N)c1cc2cc(F)ccc2nc1N1CCC(NC2CCCCC2)CC1. The van der Waals surface area contributed by atoms with Gasteiger partial charge in [0.1, 0.15) is 23.7 Å². The number of nitrogens with two attached hydrogens (primary N) is 1. The Hall–Kier alpha value is -2.25. The first-order valence-corrected chi connectivity index (χ1v) is 11.1. The van der Waals surface area contributed by atoms with Gasteiger partial charge in [0.15, 0.2) is 0 Å². The number of amidine groups is 1. The molecule has 1 atom stereocenters. The highest BCUT2D eigenvalue weighted by atomic mass is 19.1. The lowest BCUT2D eigenvalue weighted by Crippen LogP contribution is -2.47. The molecule has 1 aliphatic carbocycles. The predicted molar refractivity (Wildman–Crippen MR) is 119 cm³/mol. The number of halogens is 1. The van der Waals surface area contributed by atoms with E-state index in [1.165, 1.54) is 44.2 Å². The lowest BCUT2D eigenvalue weighted by atomic mass is 9.93. The summed E-state index contributed by atoms with van der Waals surface area (Å²) >= 11 is 0. The molecule has 1 aromatic heterocycles. The highest BCUT2D eigenvalue weighted by Gasteiger charge is 2.25. The number of aliphatic hydroxyl groups is 1. The number of nitrogens with zero attached hydrogens (tertiary/aromatic N) is 3. The van der Waals surface area contributed by atoms with Crippen molar-refractivity contribution >= 4 is 22.6 Å². The molecule has 6 nitrogen and oxygen atoms in total. The quantitative estimate of drug-likeness (QED) is 0.517. The fourth-order valence-corrected chi connectivity index (χ4v) is 4.70. The Kier molecular flexibility index (Phi) is 6.49. The average molecular weight is 414 g/mol. The van der Waals surface area contributed by atoms with Crippen LogP contribution in [0.5, 0.6) is 0 Å². The van der Waals surface area contributed by atoms with Crippen molar-refractivity contribution in [2.45, 2.75) is 70.2 Å². The molecule has 0 spiro atoms. The van der Waals surface area contributed by atoms with Gasteiger partial charge in [-0.2, -0.15) is 0 Å². The Morgan fingerprint density at radius 2 is 1.87 bits per heavy atom. The van der Waals surface area contributed by atoms with Crippen LogP contribution in [0.1, 0.15) is 57.4 Å². The third kappa shape index (κ3) is 4.90. The van der Waals surface area contributed by atoms with Crippen molar-refractivity contribution in [3.05, 3.63) is 35.6 Å². The first-order chi connectivity index (χ1) is 14.5. The summed E-state index contributed by atoms with van der Waals surface area (Å²) in [6, 6.07) is 7.59. The number of aliphatic imine (C=N–C) groups is 1. The number of aliphatic hydroxyl groups excluding tert-OH is 1. The Bertz CT molecular complexity index is 902. The largest absolute Gasteiger partial charge is 0.383 e. The molecule has 0 bridgehead atoms. The van der Waals surface area contributed by atoms with E-state index in [1.54, 1.807) is 13.0 Å². The molecule has 7 heteroatoms. The number of hydrogen-bond acceptors (Lipinski definition) is 5. The van der Waals surface area contributed by atoms with Gasteiger partial charge in [-0.05, 0) is 56.9 Å². The highest BCUT2D eigenvalue weighted by Crippen LogP contribution is 2.28. The van der Waals surface area contributed by atoms with E-state index in [4.69, 9.17) is 10.7 Å². The van der Waals surface area contributed by atoms with Gasteiger partial charge in [0.25, 0.3) is 0 Å². The summed E-state index contributed by atoms with van der Waals surface area (Å²) < 4.78 is 13.7. The van der Waals surface area contributed by atoms with Crippen LogP contribution in [0.25, 0.3) is 10.9 Å². The van der Waals surface area contributed by atoms with Gasteiger partial charge in [0.2, 0.25) is 0 Å². The lowest BCUT2D eigenvalue weighted by Gasteiger charge is -2.37. The highest BCUT2D eigenvalue weighted by molar-refractivity contribution is 6.04. The van der Waals surface area contributed by atoms with Gasteiger partial charge < -0.3 is 21.1 Å². The first-order valence-electron chi connectivity index (χ1n) is 11.1. The molecule has 2 fully saturated rings. The van der Waals surface area contributed by atoms with Crippen LogP contribution in [0.4, 0.5) is 10.2 Å². The van der Waals surface area contributed by atoms with Crippen LogP contribution in [0.15, 0.2) is 29.3 Å². The van der Waals surface area contributed by atoms with Gasteiger partial charge in [-0.15, -0.1) is 0 Å². The first kappa shape index (κ1) is 21.0. The zero-order valence-corrected chi connectivity index (χ0v) is 17.6. The molecule has 162 valence electrons. The van der Waals surface area contributed by atoms with Gasteiger partial charge in [-0.25, -0.2) is 14.4 Å². The maximum absolute atomic E-state index is 13.7. The molecule has 30 heavy (non-hydrogen) atoms. The Balaban J connectivity index is 1.56. The van der Waals surface area contributed by atoms with Crippen LogP contribution >= 0.6 is 0 Å². The summed E-state index contributed by atoms with van der Waals surface area (Å²) in [5, 5.41) is 14.2. The summed E-state index contributed by atoms with van der Waals surface area (Å²) in [6.45, 7) is 3.31. The third-order valence-electron chi connectivity index (χ3n) is 6.23. The summed E-state index contributed by atoms with van der Waals surface area (Å²) in [4.78, 5) is 11.1. The Labute approximate surface area is 177 Å². The van der Waals surface area contributed by atoms with Crippen LogP contribution in [0.3, 0.4) is 0 Å². The van der Waals surface area contributed by atoms with Gasteiger partial charge in [0.05, 0.1) is 11.1 Å². The fourth-order valence-electron chi connectivity index (χ4n) is 4.70. The second-order valence-corrected chi connectivity index (χ2v) is 8.61. The van der Waals surface area contributed by atoms with Crippen molar-refractivity contribution in [2.24, 2.45) is 10.7 Å². The van der Waals surface area contributed by atoms with Crippen molar-refractivity contribution in [3.63, 3.8) is 0 Å². The number of piperidine rings is 1. The Morgan fingerprint density at radius 1 is 1.17 bits per heavy atom. The molecule has 1 unspecified atom stereocenters. The zero-order valence-electron chi connectivity index (χ0n) is 17.6. The summed E-state index contributed by atoms with van der Waals surface area (Å²) in [5.74, 6) is 0.664. The molecule has 4 rings (SSSR count). The molecule has 1 aromatic carbocycles. The maximum atomic E-state index is 13.7. The Morgan fingerprint density at radius 3 is 2.57 bits per heavy atom. The van der Waals surface area contributed by atoms with Gasteiger partial charge in [0, 0.05) is 30.6 Å². The molecule has 0 radical (unpaired) electrons. The topological polar surface area (TPSA) is 86.8 Å². The van der Waals surface area contributed by atoms with Gasteiger partial charge in [-0.1, -0.05) is 19.3 Å². The predicted octanol–water partition coefficient (Wildman–Crippen LogP) is 3.31. The van der Waals surface area contributed by atoms with E-state index in [9.17, 15) is 9.50 Å². The minimum absolute atomic E-state index is 0.223. The molecular formula is C23H32FN5O. The fraction of sp³-hybridized carbons (Fsp3) is 0.565. The summed E-state index contributed by atoms with van der Waals surface area (Å²) in [7, 11) is 0. The van der Waals surface area contributed by atoms with E-state index < -0.39 is 6.23 Å². The third-order valence-corrected chi connectivity index (χ3v) is 6.23. The second kappa shape index (κ2) is 9.27. The van der Waals surface area contributed by atoms with Crippen LogP contribution < -0.4 is 16.0 Å². The minimum atomic E-state index is -0.911. The van der Waals surface area contributed by atoms with Crippen molar-refractivity contribution < 1.29 is 9.50 Å². The summed E-state index contributed by atoms with van der Waals surface area (Å²) in [6.07, 6.45) is 7.81. The maximum Gasteiger partial charge on any atom is 0.144 e. The number of rotatable bonds is 5. The summed E-state index contributed by atoms with van der Waals surface area (Å²) in [5.41, 5.74) is 7.57. The van der Waals surface area contributed by atoms with E-state index in [1.807, 2.05) is 6.07 Å². The van der Waals surface area contributed by atoms with Crippen molar-refractivity contribution in [1.29, 1.82) is 0 Å². The van der Waals surface area contributed by atoms with Crippen LogP contribution in [-0.4, -0.2) is 47.3 Å². The van der Waals surface area contributed by atoms with Crippen LogP contribution in [0.2, 0.25) is 0 Å². The normalized spacial score (nSPS) is 20.6. The van der Waals surface area contributed by atoms with E-state index >= 15 is 0 Å². The number of pyridine rings is 1. The van der Waals surface area contributed by atoms with Crippen molar-refractivity contribution in [2.75, 3.05) is 18.0 Å². The van der Waals surface area contributed by atoms with Gasteiger partial charge >= 0.3 is 0 Å². The number of hydrogen-bond donors (Lipinski definition) is 3.